The summed E-state index contributed by atoms with van der Waals surface area (Å²) in [6, 6.07) is 8.90. The number of aromatic nitrogens is 2. The minimum Gasteiger partial charge on any atom is -0.368 e. The van der Waals surface area contributed by atoms with Crippen LogP contribution in [0, 0.1) is 0 Å². The van der Waals surface area contributed by atoms with Crippen molar-refractivity contribution in [3.63, 3.8) is 0 Å². The van der Waals surface area contributed by atoms with Crippen LogP contribution in [0.4, 0.5) is 10.6 Å². The summed E-state index contributed by atoms with van der Waals surface area (Å²) in [6.45, 7) is 6.58. The molecular formula is C19H25N5O2. The lowest BCUT2D eigenvalue weighted by atomic mass is 10.1. The number of urea groups is 1. The van der Waals surface area contributed by atoms with Crippen molar-refractivity contribution in [2.75, 3.05) is 11.9 Å². The Kier molecular flexibility index (Phi) is 4.71. The van der Waals surface area contributed by atoms with Crippen LogP contribution in [-0.4, -0.2) is 39.2 Å². The second kappa shape index (κ2) is 6.82. The summed E-state index contributed by atoms with van der Waals surface area (Å²) >= 11 is 0. The van der Waals surface area contributed by atoms with Crippen LogP contribution in [0.3, 0.4) is 0 Å². The highest BCUT2D eigenvalue weighted by Gasteiger charge is 2.34. The lowest BCUT2D eigenvalue weighted by Gasteiger charge is -2.26. The lowest BCUT2D eigenvalue weighted by molar-refractivity contribution is -0.121. The Balaban J connectivity index is 1.96. The van der Waals surface area contributed by atoms with Gasteiger partial charge >= 0.3 is 6.03 Å². The third-order valence-electron chi connectivity index (χ3n) is 4.56. The molecule has 1 aliphatic rings. The Labute approximate surface area is 153 Å². The molecule has 1 atom stereocenters. The first-order valence-electron chi connectivity index (χ1n) is 8.80. The topological polar surface area (TPSA) is 93.2 Å². The first-order chi connectivity index (χ1) is 12.3. The minimum atomic E-state index is -0.554. The second-order valence-corrected chi connectivity index (χ2v) is 7.54. The molecular weight excluding hydrogens is 330 g/mol. The standard InChI is InChI=1S/C19H25N5O2/c1-19(2,3)24-17(14(12-21-24)13-8-5-4-6-9-13)22-18(26)23-11-7-10-15(23)16(20)25/h4-6,8-9,12,15H,7,10-11H2,1-3H3,(H2,20,25)(H,22,26)/t15-/m1/s1. The zero-order valence-electron chi connectivity index (χ0n) is 15.4. The average Bonchev–Trinajstić information content (AvgIpc) is 3.22. The van der Waals surface area contributed by atoms with Gasteiger partial charge in [-0.2, -0.15) is 5.10 Å². The molecule has 3 rings (SSSR count). The van der Waals surface area contributed by atoms with E-state index in [1.54, 1.807) is 10.9 Å². The van der Waals surface area contributed by atoms with Gasteiger partial charge in [0, 0.05) is 12.1 Å². The number of rotatable bonds is 3. The molecule has 0 unspecified atom stereocenters. The summed E-state index contributed by atoms with van der Waals surface area (Å²) in [6.07, 6.45) is 3.13. The number of carbonyl (C=O) groups is 2. The lowest BCUT2D eigenvalue weighted by Crippen LogP contribution is -2.46. The number of nitrogens with one attached hydrogen (secondary N) is 1. The van der Waals surface area contributed by atoms with Crippen LogP contribution in [-0.2, 0) is 10.3 Å². The fourth-order valence-electron chi connectivity index (χ4n) is 3.28. The van der Waals surface area contributed by atoms with E-state index in [0.29, 0.717) is 18.8 Å². The molecule has 1 saturated heterocycles. The maximum absolute atomic E-state index is 12.9. The Morgan fingerprint density at radius 2 is 1.92 bits per heavy atom. The molecule has 2 aromatic rings. The zero-order valence-corrected chi connectivity index (χ0v) is 15.4. The van der Waals surface area contributed by atoms with Crippen molar-refractivity contribution < 1.29 is 9.59 Å². The molecule has 0 spiro atoms. The Hall–Kier alpha value is -2.83. The smallest absolute Gasteiger partial charge is 0.323 e. The molecule has 26 heavy (non-hydrogen) atoms. The van der Waals surface area contributed by atoms with Crippen LogP contribution < -0.4 is 11.1 Å². The number of primary amides is 1. The van der Waals surface area contributed by atoms with Crippen LogP contribution in [0.5, 0.6) is 0 Å². The zero-order chi connectivity index (χ0) is 18.9. The van der Waals surface area contributed by atoms with Gasteiger partial charge in [-0.25, -0.2) is 9.48 Å². The van der Waals surface area contributed by atoms with E-state index in [0.717, 1.165) is 17.5 Å². The van der Waals surface area contributed by atoms with Gasteiger partial charge in [0.2, 0.25) is 5.91 Å². The fourth-order valence-corrected chi connectivity index (χ4v) is 3.28. The van der Waals surface area contributed by atoms with Crippen molar-refractivity contribution in [1.29, 1.82) is 0 Å². The maximum Gasteiger partial charge on any atom is 0.323 e. The van der Waals surface area contributed by atoms with E-state index < -0.39 is 11.9 Å². The SMILES string of the molecule is CC(C)(C)n1ncc(-c2ccccc2)c1NC(=O)N1CCC[C@@H]1C(N)=O. The van der Waals surface area contributed by atoms with Gasteiger partial charge in [-0.1, -0.05) is 30.3 Å². The quantitative estimate of drug-likeness (QED) is 0.886. The normalized spacial score (nSPS) is 17.3. The van der Waals surface area contributed by atoms with Gasteiger partial charge in [0.15, 0.2) is 0 Å². The number of benzene rings is 1. The van der Waals surface area contributed by atoms with Gasteiger partial charge in [0.25, 0.3) is 0 Å². The molecule has 3 amide bonds. The van der Waals surface area contributed by atoms with Crippen LogP contribution in [0.1, 0.15) is 33.6 Å². The van der Waals surface area contributed by atoms with Crippen molar-refractivity contribution in [2.24, 2.45) is 5.73 Å². The van der Waals surface area contributed by atoms with Gasteiger partial charge in [-0.3, -0.25) is 10.1 Å². The average molecular weight is 355 g/mol. The largest absolute Gasteiger partial charge is 0.368 e. The monoisotopic (exact) mass is 355 g/mol. The molecule has 0 saturated carbocycles. The van der Waals surface area contributed by atoms with Gasteiger partial charge < -0.3 is 10.6 Å². The molecule has 0 bridgehead atoms. The predicted octanol–water partition coefficient (Wildman–Crippen LogP) is 2.79. The molecule has 1 aliphatic heterocycles. The number of anilines is 1. The van der Waals surface area contributed by atoms with Gasteiger partial charge in [-0.15, -0.1) is 0 Å². The van der Waals surface area contributed by atoms with Crippen LogP contribution in [0.2, 0.25) is 0 Å². The Morgan fingerprint density at radius 1 is 1.23 bits per heavy atom. The number of hydrogen-bond donors (Lipinski definition) is 2. The highest BCUT2D eigenvalue weighted by atomic mass is 16.2. The number of nitrogens with zero attached hydrogens (tertiary/aromatic N) is 3. The Morgan fingerprint density at radius 3 is 2.54 bits per heavy atom. The summed E-state index contributed by atoms with van der Waals surface area (Å²) in [5.41, 5.74) is 6.93. The van der Waals surface area contributed by atoms with Crippen molar-refractivity contribution >= 4 is 17.8 Å². The molecule has 3 N–H and O–H groups in total. The summed E-state index contributed by atoms with van der Waals surface area (Å²) in [5, 5.41) is 7.46. The summed E-state index contributed by atoms with van der Waals surface area (Å²) in [7, 11) is 0. The minimum absolute atomic E-state index is 0.316. The highest BCUT2D eigenvalue weighted by Crippen LogP contribution is 2.32. The van der Waals surface area contributed by atoms with E-state index in [9.17, 15) is 9.59 Å². The Bertz CT molecular complexity index is 807. The molecule has 1 aromatic heterocycles. The summed E-state index contributed by atoms with van der Waals surface area (Å²) in [4.78, 5) is 26.0. The highest BCUT2D eigenvalue weighted by molar-refractivity contribution is 5.96. The predicted molar refractivity (Wildman–Crippen MR) is 101 cm³/mol. The van der Waals surface area contributed by atoms with Gasteiger partial charge in [-0.05, 0) is 39.2 Å². The van der Waals surface area contributed by atoms with Crippen molar-refractivity contribution in [2.45, 2.75) is 45.2 Å². The van der Waals surface area contributed by atoms with E-state index in [1.807, 2.05) is 51.1 Å². The molecule has 7 heteroatoms. The second-order valence-electron chi connectivity index (χ2n) is 7.54. The van der Waals surface area contributed by atoms with E-state index in [-0.39, 0.29) is 11.6 Å². The third-order valence-corrected chi connectivity index (χ3v) is 4.56. The molecule has 2 heterocycles. The molecule has 1 fully saturated rings. The maximum atomic E-state index is 12.9. The number of amides is 3. The molecule has 0 radical (unpaired) electrons. The summed E-state index contributed by atoms with van der Waals surface area (Å²) < 4.78 is 1.79. The molecule has 138 valence electrons. The van der Waals surface area contributed by atoms with E-state index in [2.05, 4.69) is 10.4 Å². The number of carbonyl (C=O) groups excluding carboxylic acids is 2. The van der Waals surface area contributed by atoms with E-state index in [4.69, 9.17) is 5.73 Å². The van der Waals surface area contributed by atoms with Crippen LogP contribution >= 0.6 is 0 Å². The van der Waals surface area contributed by atoms with Crippen LogP contribution in [0.15, 0.2) is 36.5 Å². The summed E-state index contributed by atoms with van der Waals surface area (Å²) in [5.74, 6) is 0.147. The molecule has 0 aliphatic carbocycles. The van der Waals surface area contributed by atoms with Crippen molar-refractivity contribution in [3.05, 3.63) is 36.5 Å². The van der Waals surface area contributed by atoms with Crippen molar-refractivity contribution in [1.82, 2.24) is 14.7 Å². The van der Waals surface area contributed by atoms with E-state index in [1.165, 1.54) is 4.90 Å². The van der Waals surface area contributed by atoms with Gasteiger partial charge in [0.1, 0.15) is 11.9 Å². The fraction of sp³-hybridized carbons (Fsp3) is 0.421. The first kappa shape index (κ1) is 18.0. The van der Waals surface area contributed by atoms with Crippen molar-refractivity contribution in [3.8, 4) is 11.1 Å². The van der Waals surface area contributed by atoms with Crippen LogP contribution in [0.25, 0.3) is 11.1 Å². The number of likely N-dealkylation sites (tertiary alicyclic amines) is 1. The van der Waals surface area contributed by atoms with Gasteiger partial charge in [0.05, 0.1) is 11.7 Å². The third kappa shape index (κ3) is 3.42. The number of nitrogens with two attached hydrogens (primary N) is 1. The number of hydrogen-bond acceptors (Lipinski definition) is 3. The van der Waals surface area contributed by atoms with E-state index >= 15 is 0 Å². The molecule has 7 nitrogen and oxygen atoms in total. The molecule has 1 aromatic carbocycles. The first-order valence-corrected chi connectivity index (χ1v) is 8.80.